The molecule has 0 saturated carbocycles. The summed E-state index contributed by atoms with van der Waals surface area (Å²) in [5.74, 6) is -7.37. The van der Waals surface area contributed by atoms with Crippen molar-refractivity contribution in [2.75, 3.05) is 5.32 Å². The van der Waals surface area contributed by atoms with Crippen LogP contribution in [0, 0.1) is 17.5 Å². The Morgan fingerprint density at radius 1 is 1.30 bits per heavy atom. The van der Waals surface area contributed by atoms with Gasteiger partial charge >= 0.3 is 13.6 Å². The second-order valence-corrected chi connectivity index (χ2v) is 5.33. The third-order valence-electron chi connectivity index (χ3n) is 2.12. The number of anilines is 1. The number of carboxylic acids is 1. The van der Waals surface area contributed by atoms with E-state index < -0.39 is 54.7 Å². The van der Waals surface area contributed by atoms with Crippen LogP contribution >= 0.6 is 7.60 Å². The van der Waals surface area contributed by atoms with E-state index in [1.807, 2.05) is 0 Å². The molecule has 0 bridgehead atoms. The van der Waals surface area contributed by atoms with Gasteiger partial charge in [-0.3, -0.25) is 4.57 Å². The van der Waals surface area contributed by atoms with Gasteiger partial charge in [0.2, 0.25) is 0 Å². The molecule has 1 atom stereocenters. The van der Waals surface area contributed by atoms with E-state index in [1.54, 1.807) is 0 Å². The molecular formula is C9H8F4NO5P. The number of rotatable bonds is 5. The van der Waals surface area contributed by atoms with Crippen LogP contribution in [-0.2, 0) is 15.5 Å². The lowest BCUT2D eigenvalue weighted by Crippen LogP contribution is -2.25. The number of hydrogen-bond acceptors (Lipinski definition) is 3. The molecule has 0 aliphatic rings. The zero-order chi connectivity index (χ0) is 15.7. The highest BCUT2D eigenvalue weighted by atomic mass is 31.2. The Morgan fingerprint density at radius 2 is 1.85 bits per heavy atom. The molecule has 20 heavy (non-hydrogen) atoms. The van der Waals surface area contributed by atoms with Crippen molar-refractivity contribution in [3.8, 4) is 0 Å². The Morgan fingerprint density at radius 3 is 2.30 bits per heavy atom. The summed E-state index contributed by atoms with van der Waals surface area (Å²) >= 11 is 0. The number of halogens is 4. The number of carbonyl (C=O) groups is 1. The minimum atomic E-state index is -4.85. The summed E-state index contributed by atoms with van der Waals surface area (Å²) in [4.78, 5) is 27.4. The lowest BCUT2D eigenvalue weighted by Gasteiger charge is -2.13. The van der Waals surface area contributed by atoms with Crippen molar-refractivity contribution < 1.29 is 41.8 Å². The molecular weight excluding hydrogens is 309 g/mol. The summed E-state index contributed by atoms with van der Waals surface area (Å²) in [7, 11) is -4.85. The third kappa shape index (κ3) is 3.92. The van der Waals surface area contributed by atoms with Crippen molar-refractivity contribution >= 4 is 19.3 Å². The molecule has 11 heteroatoms. The molecule has 1 unspecified atom stereocenters. The Balaban J connectivity index is 3.21. The van der Waals surface area contributed by atoms with Crippen LogP contribution in [0.1, 0.15) is 5.56 Å². The van der Waals surface area contributed by atoms with E-state index in [0.717, 1.165) is 0 Å². The second kappa shape index (κ2) is 5.78. The fraction of sp³-hybridized carbons (Fsp3) is 0.222. The number of hydrogen-bond donors (Lipinski definition) is 4. The van der Waals surface area contributed by atoms with Crippen molar-refractivity contribution in [3.05, 3.63) is 29.1 Å². The van der Waals surface area contributed by atoms with Crippen LogP contribution < -0.4 is 5.32 Å². The van der Waals surface area contributed by atoms with Crippen LogP contribution in [0.5, 0.6) is 0 Å². The molecule has 0 amide bonds. The molecule has 1 rings (SSSR count). The molecule has 112 valence electrons. The molecule has 1 aromatic rings. The van der Waals surface area contributed by atoms with Crippen molar-refractivity contribution in [1.82, 2.24) is 0 Å². The lowest BCUT2D eigenvalue weighted by molar-refractivity contribution is -0.141. The van der Waals surface area contributed by atoms with Crippen LogP contribution in [0.25, 0.3) is 0 Å². The number of aliphatic carboxylic acids is 1. The molecule has 4 N–H and O–H groups in total. The fourth-order valence-corrected chi connectivity index (χ4v) is 1.99. The van der Waals surface area contributed by atoms with Gasteiger partial charge in [0.1, 0.15) is 5.82 Å². The quantitative estimate of drug-likeness (QED) is 0.284. The van der Waals surface area contributed by atoms with Crippen LogP contribution in [0.3, 0.4) is 0 Å². The Labute approximate surface area is 109 Å². The van der Waals surface area contributed by atoms with Gasteiger partial charge in [-0.2, -0.15) is 0 Å². The molecule has 0 fully saturated rings. The summed E-state index contributed by atoms with van der Waals surface area (Å²) in [6, 6.07) is 0.207. The summed E-state index contributed by atoms with van der Waals surface area (Å²) in [5.41, 5.74) is -2.34. The van der Waals surface area contributed by atoms with Crippen molar-refractivity contribution in [3.63, 3.8) is 0 Å². The zero-order valence-electron chi connectivity index (χ0n) is 9.48. The van der Waals surface area contributed by atoms with E-state index in [-0.39, 0.29) is 6.07 Å². The van der Waals surface area contributed by atoms with Gasteiger partial charge < -0.3 is 20.2 Å². The standard InChI is InChI=1S/C9H8F4NO5P/c10-4-1-5(14-8(13)9(15)16)7(12)6(11)3(4)2-20(17,18)19/h1,8,14H,2H2,(H,15,16)(H2,17,18,19). The lowest BCUT2D eigenvalue weighted by atomic mass is 10.2. The highest BCUT2D eigenvalue weighted by Gasteiger charge is 2.26. The van der Waals surface area contributed by atoms with E-state index in [1.165, 1.54) is 5.32 Å². The normalized spacial score (nSPS) is 13.1. The van der Waals surface area contributed by atoms with E-state index in [9.17, 15) is 26.9 Å². The first-order chi connectivity index (χ1) is 9.03. The molecule has 6 nitrogen and oxygen atoms in total. The molecule has 1 aromatic carbocycles. The van der Waals surface area contributed by atoms with Crippen molar-refractivity contribution in [2.45, 2.75) is 12.5 Å². The monoisotopic (exact) mass is 317 g/mol. The molecule has 0 aliphatic heterocycles. The van der Waals surface area contributed by atoms with E-state index in [4.69, 9.17) is 14.9 Å². The molecule has 0 heterocycles. The highest BCUT2D eigenvalue weighted by molar-refractivity contribution is 7.50. The Hall–Kier alpha value is -1.64. The summed E-state index contributed by atoms with van der Waals surface area (Å²) in [6.45, 7) is 0. The first-order valence-electron chi connectivity index (χ1n) is 4.87. The van der Waals surface area contributed by atoms with Crippen LogP contribution in [-0.4, -0.2) is 27.2 Å². The van der Waals surface area contributed by atoms with E-state index in [0.29, 0.717) is 0 Å². The molecule has 0 aliphatic carbocycles. The van der Waals surface area contributed by atoms with Gasteiger partial charge in [0.15, 0.2) is 11.6 Å². The molecule has 0 spiro atoms. The third-order valence-corrected chi connectivity index (χ3v) is 2.84. The number of benzene rings is 1. The average molecular weight is 317 g/mol. The Bertz CT molecular complexity index is 590. The van der Waals surface area contributed by atoms with Crippen LogP contribution in [0.4, 0.5) is 23.2 Å². The SMILES string of the molecule is O=C(O)C(F)Nc1cc(F)c(CP(=O)(O)O)c(F)c1F. The maximum atomic E-state index is 13.4. The van der Waals surface area contributed by atoms with Gasteiger partial charge in [0.05, 0.1) is 11.8 Å². The number of nitrogens with one attached hydrogen (secondary N) is 1. The minimum absolute atomic E-state index is 0.207. The first-order valence-corrected chi connectivity index (χ1v) is 6.67. The molecule has 0 radical (unpaired) electrons. The fourth-order valence-electron chi connectivity index (χ4n) is 1.29. The maximum absolute atomic E-state index is 13.4. The zero-order valence-corrected chi connectivity index (χ0v) is 10.4. The predicted octanol–water partition coefficient (Wildman–Crippen LogP) is 1.57. The van der Waals surface area contributed by atoms with E-state index >= 15 is 0 Å². The van der Waals surface area contributed by atoms with Gasteiger partial charge in [-0.05, 0) is 0 Å². The van der Waals surface area contributed by atoms with Crippen LogP contribution in [0.15, 0.2) is 6.07 Å². The highest BCUT2D eigenvalue weighted by Crippen LogP contribution is 2.41. The number of alkyl halides is 1. The van der Waals surface area contributed by atoms with Gasteiger partial charge in [-0.15, -0.1) is 0 Å². The first kappa shape index (κ1) is 16.4. The minimum Gasteiger partial charge on any atom is -0.478 e. The average Bonchev–Trinajstić information content (AvgIpc) is 2.30. The number of carboxylic acid groups (broad SMARTS) is 1. The van der Waals surface area contributed by atoms with Crippen molar-refractivity contribution in [2.24, 2.45) is 0 Å². The van der Waals surface area contributed by atoms with Crippen LogP contribution in [0.2, 0.25) is 0 Å². The summed E-state index contributed by atoms with van der Waals surface area (Å²) in [6.07, 6.45) is -4.20. The van der Waals surface area contributed by atoms with Gasteiger partial charge in [0, 0.05) is 11.6 Å². The second-order valence-electron chi connectivity index (χ2n) is 3.68. The van der Waals surface area contributed by atoms with Gasteiger partial charge in [-0.25, -0.2) is 22.4 Å². The smallest absolute Gasteiger partial charge is 0.359 e. The van der Waals surface area contributed by atoms with Crippen molar-refractivity contribution in [1.29, 1.82) is 0 Å². The summed E-state index contributed by atoms with van der Waals surface area (Å²) in [5, 5.41) is 9.60. The van der Waals surface area contributed by atoms with Gasteiger partial charge in [-0.1, -0.05) is 0 Å². The Kier molecular flexibility index (Phi) is 4.74. The molecule has 0 saturated heterocycles. The maximum Gasteiger partial charge on any atom is 0.359 e. The largest absolute Gasteiger partial charge is 0.478 e. The summed E-state index contributed by atoms with van der Waals surface area (Å²) < 4.78 is 63.7. The topological polar surface area (TPSA) is 107 Å². The van der Waals surface area contributed by atoms with E-state index in [2.05, 4.69) is 0 Å². The van der Waals surface area contributed by atoms with Gasteiger partial charge in [0.25, 0.3) is 6.30 Å². The molecule has 0 aromatic heterocycles. The predicted molar refractivity (Wildman–Crippen MR) is 58.2 cm³/mol.